The van der Waals surface area contributed by atoms with Crippen LogP contribution in [0.25, 0.3) is 0 Å². The molecule has 1 unspecified atom stereocenters. The SMILES string of the molecule is CCCC(CCCCC(C)C)C(C)C. The molecule has 1 atom stereocenters. The molecule has 0 bridgehead atoms. The van der Waals surface area contributed by atoms with E-state index in [2.05, 4.69) is 34.6 Å². The fourth-order valence-electron chi connectivity index (χ4n) is 2.14. The second-order valence-electron chi connectivity index (χ2n) is 5.47. The molecule has 0 spiro atoms. The maximum atomic E-state index is 2.38. The summed E-state index contributed by atoms with van der Waals surface area (Å²) >= 11 is 0. The molecule has 0 aliphatic carbocycles. The van der Waals surface area contributed by atoms with Crippen LogP contribution >= 0.6 is 0 Å². The van der Waals surface area contributed by atoms with Crippen molar-refractivity contribution in [3.8, 4) is 0 Å². The first-order chi connectivity index (χ1) is 6.57. The molecule has 0 rings (SSSR count). The van der Waals surface area contributed by atoms with Crippen LogP contribution in [0.5, 0.6) is 0 Å². The van der Waals surface area contributed by atoms with E-state index in [1.165, 1.54) is 38.5 Å². The van der Waals surface area contributed by atoms with Crippen LogP contribution in [0.3, 0.4) is 0 Å². The Hall–Kier alpha value is 0. The average Bonchev–Trinajstić information content (AvgIpc) is 2.09. The Bertz CT molecular complexity index is 113. The van der Waals surface area contributed by atoms with Gasteiger partial charge in [0.05, 0.1) is 0 Å². The molecule has 0 nitrogen and oxygen atoms in total. The van der Waals surface area contributed by atoms with E-state index in [0.717, 1.165) is 17.8 Å². The molecule has 0 aromatic heterocycles. The van der Waals surface area contributed by atoms with Crippen LogP contribution in [0, 0.1) is 17.8 Å². The molecular formula is C14H30. The van der Waals surface area contributed by atoms with Crippen molar-refractivity contribution in [1.29, 1.82) is 0 Å². The Morgan fingerprint density at radius 1 is 0.786 bits per heavy atom. The third-order valence-corrected chi connectivity index (χ3v) is 3.21. The Kier molecular flexibility index (Phi) is 8.32. The van der Waals surface area contributed by atoms with Crippen LogP contribution in [0.15, 0.2) is 0 Å². The van der Waals surface area contributed by atoms with E-state index < -0.39 is 0 Å². The standard InChI is InChI=1S/C14H30/c1-6-9-14(13(4)5)11-8-7-10-12(2)3/h12-14H,6-11H2,1-5H3. The van der Waals surface area contributed by atoms with Crippen molar-refractivity contribution >= 4 is 0 Å². The van der Waals surface area contributed by atoms with Gasteiger partial charge in [0.15, 0.2) is 0 Å². The summed E-state index contributed by atoms with van der Waals surface area (Å²) in [5.41, 5.74) is 0. The van der Waals surface area contributed by atoms with Gasteiger partial charge in [-0.2, -0.15) is 0 Å². The van der Waals surface area contributed by atoms with Gasteiger partial charge in [0.1, 0.15) is 0 Å². The van der Waals surface area contributed by atoms with Crippen molar-refractivity contribution in [3.05, 3.63) is 0 Å². The number of rotatable bonds is 8. The summed E-state index contributed by atoms with van der Waals surface area (Å²) in [5, 5.41) is 0. The van der Waals surface area contributed by atoms with Crippen molar-refractivity contribution in [1.82, 2.24) is 0 Å². The van der Waals surface area contributed by atoms with Gasteiger partial charge in [-0.15, -0.1) is 0 Å². The summed E-state index contributed by atoms with van der Waals surface area (Å²) in [6, 6.07) is 0. The van der Waals surface area contributed by atoms with Gasteiger partial charge in [0.25, 0.3) is 0 Å². The summed E-state index contributed by atoms with van der Waals surface area (Å²) in [4.78, 5) is 0. The minimum Gasteiger partial charge on any atom is -0.0654 e. The molecule has 0 aliphatic heterocycles. The van der Waals surface area contributed by atoms with E-state index in [4.69, 9.17) is 0 Å². The van der Waals surface area contributed by atoms with E-state index in [1.807, 2.05) is 0 Å². The van der Waals surface area contributed by atoms with Gasteiger partial charge in [-0.05, 0) is 17.8 Å². The smallest absolute Gasteiger partial charge is 0.0391 e. The molecular weight excluding hydrogens is 168 g/mol. The van der Waals surface area contributed by atoms with Crippen LogP contribution in [0.2, 0.25) is 0 Å². The predicted molar refractivity (Wildman–Crippen MR) is 66.5 cm³/mol. The van der Waals surface area contributed by atoms with Crippen molar-refractivity contribution < 1.29 is 0 Å². The largest absolute Gasteiger partial charge is 0.0654 e. The molecule has 0 saturated carbocycles. The third kappa shape index (κ3) is 7.41. The Labute approximate surface area is 91.5 Å². The number of hydrogen-bond acceptors (Lipinski definition) is 0. The fraction of sp³-hybridized carbons (Fsp3) is 1.00. The van der Waals surface area contributed by atoms with Crippen LogP contribution in [0.4, 0.5) is 0 Å². The Balaban J connectivity index is 3.50. The zero-order valence-corrected chi connectivity index (χ0v) is 11.0. The summed E-state index contributed by atoms with van der Waals surface area (Å²) in [6.07, 6.45) is 8.53. The zero-order chi connectivity index (χ0) is 11.0. The molecule has 0 amide bonds. The first-order valence-electron chi connectivity index (χ1n) is 6.57. The maximum absolute atomic E-state index is 2.38. The van der Waals surface area contributed by atoms with Gasteiger partial charge in [-0.1, -0.05) is 73.1 Å². The highest BCUT2D eigenvalue weighted by atomic mass is 14.2. The summed E-state index contributed by atoms with van der Waals surface area (Å²) in [7, 11) is 0. The molecule has 0 aromatic carbocycles. The van der Waals surface area contributed by atoms with Crippen LogP contribution in [-0.4, -0.2) is 0 Å². The number of hydrogen-bond donors (Lipinski definition) is 0. The Morgan fingerprint density at radius 2 is 1.36 bits per heavy atom. The van der Waals surface area contributed by atoms with Crippen molar-refractivity contribution in [2.75, 3.05) is 0 Å². The molecule has 0 aromatic rings. The average molecular weight is 198 g/mol. The van der Waals surface area contributed by atoms with E-state index in [9.17, 15) is 0 Å². The molecule has 0 radical (unpaired) electrons. The van der Waals surface area contributed by atoms with E-state index in [0.29, 0.717) is 0 Å². The van der Waals surface area contributed by atoms with Crippen molar-refractivity contribution in [2.24, 2.45) is 17.8 Å². The first-order valence-corrected chi connectivity index (χ1v) is 6.57. The second-order valence-corrected chi connectivity index (χ2v) is 5.47. The normalized spacial score (nSPS) is 13.9. The fourth-order valence-corrected chi connectivity index (χ4v) is 2.14. The zero-order valence-electron chi connectivity index (χ0n) is 11.0. The molecule has 0 N–H and O–H groups in total. The van der Waals surface area contributed by atoms with Gasteiger partial charge in [-0.3, -0.25) is 0 Å². The summed E-state index contributed by atoms with van der Waals surface area (Å²) in [5.74, 6) is 2.75. The monoisotopic (exact) mass is 198 g/mol. The number of unbranched alkanes of at least 4 members (excludes halogenated alkanes) is 1. The molecule has 0 saturated heterocycles. The first kappa shape index (κ1) is 14.0. The molecule has 86 valence electrons. The lowest BCUT2D eigenvalue weighted by Gasteiger charge is -2.20. The van der Waals surface area contributed by atoms with E-state index in [-0.39, 0.29) is 0 Å². The van der Waals surface area contributed by atoms with Gasteiger partial charge in [0.2, 0.25) is 0 Å². The van der Waals surface area contributed by atoms with Crippen LogP contribution < -0.4 is 0 Å². The van der Waals surface area contributed by atoms with Gasteiger partial charge in [-0.25, -0.2) is 0 Å². The van der Waals surface area contributed by atoms with Crippen molar-refractivity contribution in [2.45, 2.75) is 73.1 Å². The lowest BCUT2D eigenvalue weighted by Crippen LogP contribution is -2.08. The maximum Gasteiger partial charge on any atom is -0.0391 e. The minimum atomic E-state index is 0.883. The quantitative estimate of drug-likeness (QED) is 0.466. The lowest BCUT2D eigenvalue weighted by molar-refractivity contribution is 0.319. The van der Waals surface area contributed by atoms with Crippen LogP contribution in [-0.2, 0) is 0 Å². The second kappa shape index (κ2) is 8.32. The lowest BCUT2D eigenvalue weighted by atomic mass is 9.86. The molecule has 0 fully saturated rings. The van der Waals surface area contributed by atoms with Gasteiger partial charge in [0, 0.05) is 0 Å². The summed E-state index contributed by atoms with van der Waals surface area (Å²) in [6.45, 7) is 11.7. The van der Waals surface area contributed by atoms with E-state index >= 15 is 0 Å². The van der Waals surface area contributed by atoms with Crippen LogP contribution in [0.1, 0.15) is 73.1 Å². The highest BCUT2D eigenvalue weighted by Gasteiger charge is 2.11. The third-order valence-electron chi connectivity index (χ3n) is 3.21. The molecule has 0 aliphatic rings. The topological polar surface area (TPSA) is 0 Å². The van der Waals surface area contributed by atoms with Crippen molar-refractivity contribution in [3.63, 3.8) is 0 Å². The molecule has 0 heteroatoms. The highest BCUT2D eigenvalue weighted by Crippen LogP contribution is 2.24. The highest BCUT2D eigenvalue weighted by molar-refractivity contribution is 4.63. The predicted octanol–water partition coefficient (Wildman–Crippen LogP) is 5.28. The Morgan fingerprint density at radius 3 is 1.79 bits per heavy atom. The minimum absolute atomic E-state index is 0.883. The van der Waals surface area contributed by atoms with Gasteiger partial charge < -0.3 is 0 Å². The molecule has 14 heavy (non-hydrogen) atoms. The van der Waals surface area contributed by atoms with E-state index in [1.54, 1.807) is 0 Å². The van der Waals surface area contributed by atoms with Gasteiger partial charge >= 0.3 is 0 Å². The molecule has 0 heterocycles. The summed E-state index contributed by atoms with van der Waals surface area (Å²) < 4.78 is 0.